The van der Waals surface area contributed by atoms with E-state index in [1.807, 2.05) is 29.6 Å². The Morgan fingerprint density at radius 1 is 1.10 bits per heavy atom. The van der Waals surface area contributed by atoms with E-state index in [2.05, 4.69) is 18.6 Å². The number of nitrogens with zero attached hydrogens (tertiary/aromatic N) is 1. The lowest BCUT2D eigenvalue weighted by atomic mass is 10.0. The molecule has 0 spiro atoms. The highest BCUT2D eigenvalue weighted by atomic mass is 32.2. The van der Waals surface area contributed by atoms with Gasteiger partial charge in [-0.3, -0.25) is 9.52 Å². The average Bonchev–Trinajstić information content (AvgIpc) is 3.37. The number of anilines is 2. The maximum atomic E-state index is 12.8. The second-order valence-electron chi connectivity index (χ2n) is 7.36. The Kier molecular flexibility index (Phi) is 5.19. The molecule has 0 bridgehead atoms. The fourth-order valence-electron chi connectivity index (χ4n) is 3.43. The summed E-state index contributed by atoms with van der Waals surface area (Å²) in [6.45, 7) is 4.73. The first kappa shape index (κ1) is 19.7. The molecule has 0 radical (unpaired) electrons. The van der Waals surface area contributed by atoms with Crippen molar-refractivity contribution in [2.75, 3.05) is 16.2 Å². The third-order valence-corrected chi connectivity index (χ3v) is 7.32. The van der Waals surface area contributed by atoms with Gasteiger partial charge in [0, 0.05) is 12.2 Å². The smallest absolute Gasteiger partial charge is 0.268 e. The quantitative estimate of drug-likeness (QED) is 0.633. The van der Waals surface area contributed by atoms with Crippen LogP contribution in [-0.2, 0) is 16.4 Å². The summed E-state index contributed by atoms with van der Waals surface area (Å²) < 4.78 is 28.2. The third kappa shape index (κ3) is 3.93. The minimum atomic E-state index is -3.71. The molecule has 3 aromatic rings. The normalized spacial score (nSPS) is 13.6. The average molecular weight is 427 g/mol. The second-order valence-corrected chi connectivity index (χ2v) is 9.99. The van der Waals surface area contributed by atoms with Crippen LogP contribution in [0.15, 0.2) is 64.9 Å². The zero-order valence-electron chi connectivity index (χ0n) is 16.3. The molecule has 2 heterocycles. The number of sulfonamides is 1. The molecule has 0 aliphatic carbocycles. The molecule has 1 aliphatic heterocycles. The van der Waals surface area contributed by atoms with E-state index in [9.17, 15) is 13.2 Å². The highest BCUT2D eigenvalue weighted by Crippen LogP contribution is 2.33. The van der Waals surface area contributed by atoms with Gasteiger partial charge in [-0.1, -0.05) is 38.1 Å². The molecule has 0 fully saturated rings. The summed E-state index contributed by atoms with van der Waals surface area (Å²) in [6, 6.07) is 16.0. The summed E-state index contributed by atoms with van der Waals surface area (Å²) in [4.78, 5) is 15.4. The topological polar surface area (TPSA) is 66.5 Å². The van der Waals surface area contributed by atoms with Crippen molar-refractivity contribution in [2.45, 2.75) is 31.1 Å². The van der Waals surface area contributed by atoms with Crippen LogP contribution < -0.4 is 9.62 Å². The van der Waals surface area contributed by atoms with Crippen molar-refractivity contribution in [2.24, 2.45) is 0 Å². The molecule has 0 saturated carbocycles. The van der Waals surface area contributed by atoms with Crippen molar-refractivity contribution in [1.82, 2.24) is 0 Å². The molecule has 1 aromatic heterocycles. The maximum Gasteiger partial charge on any atom is 0.268 e. The summed E-state index contributed by atoms with van der Waals surface area (Å²) in [5.74, 6) is 0.284. The van der Waals surface area contributed by atoms with E-state index in [4.69, 9.17) is 0 Å². The Hall–Kier alpha value is -2.64. The third-order valence-electron chi connectivity index (χ3n) is 5.07. The molecular weight excluding hydrogens is 404 g/mol. The lowest BCUT2D eigenvalue weighted by Gasteiger charge is -2.17. The summed E-state index contributed by atoms with van der Waals surface area (Å²) in [7, 11) is -3.71. The predicted octanol–water partition coefficient (Wildman–Crippen LogP) is 4.88. The van der Waals surface area contributed by atoms with E-state index >= 15 is 0 Å². The van der Waals surface area contributed by atoms with Crippen LogP contribution in [-0.4, -0.2) is 20.9 Å². The van der Waals surface area contributed by atoms with E-state index in [1.54, 1.807) is 35.2 Å². The van der Waals surface area contributed by atoms with Gasteiger partial charge in [-0.2, -0.15) is 0 Å². The Morgan fingerprint density at radius 2 is 1.86 bits per heavy atom. The lowest BCUT2D eigenvalue weighted by Crippen LogP contribution is -2.28. The van der Waals surface area contributed by atoms with E-state index in [0.717, 1.165) is 23.2 Å². The van der Waals surface area contributed by atoms with Crippen molar-refractivity contribution in [3.63, 3.8) is 0 Å². The van der Waals surface area contributed by atoms with Crippen LogP contribution in [0, 0.1) is 0 Å². The molecule has 1 aliphatic rings. The minimum Gasteiger partial charge on any atom is -0.307 e. The fraction of sp³-hybridized carbons (Fsp3) is 0.227. The van der Waals surface area contributed by atoms with Gasteiger partial charge in [0.1, 0.15) is 0 Å². The summed E-state index contributed by atoms with van der Waals surface area (Å²) in [5.41, 5.74) is 3.34. The maximum absolute atomic E-state index is 12.8. The van der Waals surface area contributed by atoms with Crippen molar-refractivity contribution in [3.8, 4) is 0 Å². The predicted molar refractivity (Wildman–Crippen MR) is 117 cm³/mol. The van der Waals surface area contributed by atoms with Crippen molar-refractivity contribution in [1.29, 1.82) is 0 Å². The van der Waals surface area contributed by atoms with Crippen LogP contribution >= 0.6 is 11.3 Å². The molecule has 4 rings (SSSR count). The molecule has 150 valence electrons. The van der Waals surface area contributed by atoms with Crippen LogP contribution in [0.25, 0.3) is 0 Å². The van der Waals surface area contributed by atoms with E-state index < -0.39 is 10.0 Å². The summed E-state index contributed by atoms with van der Waals surface area (Å²) in [6.07, 6.45) is 0.760. The van der Waals surface area contributed by atoms with Crippen LogP contribution in [0.5, 0.6) is 0 Å². The van der Waals surface area contributed by atoms with Gasteiger partial charge < -0.3 is 4.90 Å². The van der Waals surface area contributed by atoms with E-state index in [0.29, 0.717) is 23.0 Å². The fourth-order valence-corrected chi connectivity index (χ4v) is 5.15. The first-order chi connectivity index (χ1) is 13.8. The van der Waals surface area contributed by atoms with Gasteiger partial charge in [-0.25, -0.2) is 8.42 Å². The largest absolute Gasteiger partial charge is 0.307 e. The Bertz CT molecular complexity index is 1140. The number of thiophene rings is 1. The van der Waals surface area contributed by atoms with Crippen molar-refractivity contribution >= 4 is 38.6 Å². The Morgan fingerprint density at radius 3 is 2.52 bits per heavy atom. The van der Waals surface area contributed by atoms with Gasteiger partial charge in [-0.15, -0.1) is 11.3 Å². The highest BCUT2D eigenvalue weighted by molar-refractivity contribution is 7.92. The van der Waals surface area contributed by atoms with Gasteiger partial charge in [0.05, 0.1) is 15.5 Å². The molecule has 29 heavy (non-hydrogen) atoms. The van der Waals surface area contributed by atoms with Crippen LogP contribution in [0.2, 0.25) is 0 Å². The number of fused-ring (bicyclic) bond motifs is 1. The van der Waals surface area contributed by atoms with Crippen LogP contribution in [0.1, 0.15) is 40.6 Å². The molecular formula is C22H22N2O3S2. The number of hydrogen-bond donors (Lipinski definition) is 1. The van der Waals surface area contributed by atoms with Gasteiger partial charge in [0.25, 0.3) is 15.9 Å². The number of benzene rings is 2. The Balaban J connectivity index is 1.59. The number of carbonyl (C=O) groups is 1. The first-order valence-corrected chi connectivity index (χ1v) is 11.8. The molecule has 7 heteroatoms. The monoisotopic (exact) mass is 426 g/mol. The number of amides is 1. The SMILES string of the molecule is CC(C)c1ccc(S(=O)(=O)Nc2ccc3c(c2)N(C(=O)c2cccs2)CC3)cc1. The summed E-state index contributed by atoms with van der Waals surface area (Å²) >= 11 is 1.40. The standard InChI is InChI=1S/C22H22N2O3S2/c1-15(2)16-6-9-19(10-7-16)29(26,27)23-18-8-5-17-11-12-24(20(17)14-18)22(25)21-4-3-13-28-21/h3-10,13-15,23H,11-12H2,1-2H3. The number of nitrogens with one attached hydrogen (secondary N) is 1. The molecule has 0 atom stereocenters. The van der Waals surface area contributed by atoms with E-state index in [-0.39, 0.29) is 10.8 Å². The number of rotatable bonds is 5. The minimum absolute atomic E-state index is 0.0527. The molecule has 0 unspecified atom stereocenters. The van der Waals surface area contributed by atoms with E-state index in [1.165, 1.54) is 11.3 Å². The molecule has 1 N–H and O–H groups in total. The number of carbonyl (C=O) groups excluding carboxylic acids is 1. The van der Waals surface area contributed by atoms with Crippen molar-refractivity contribution < 1.29 is 13.2 Å². The van der Waals surface area contributed by atoms with Crippen LogP contribution in [0.4, 0.5) is 11.4 Å². The van der Waals surface area contributed by atoms with Gasteiger partial charge in [0.2, 0.25) is 0 Å². The summed E-state index contributed by atoms with van der Waals surface area (Å²) in [5, 5.41) is 1.87. The van der Waals surface area contributed by atoms with Gasteiger partial charge in [-0.05, 0) is 59.2 Å². The molecule has 1 amide bonds. The van der Waals surface area contributed by atoms with Crippen molar-refractivity contribution in [3.05, 3.63) is 76.0 Å². The van der Waals surface area contributed by atoms with Gasteiger partial charge >= 0.3 is 0 Å². The zero-order chi connectivity index (χ0) is 20.6. The second kappa shape index (κ2) is 7.65. The molecule has 5 nitrogen and oxygen atoms in total. The van der Waals surface area contributed by atoms with Gasteiger partial charge in [0.15, 0.2) is 0 Å². The highest BCUT2D eigenvalue weighted by Gasteiger charge is 2.27. The molecule has 2 aromatic carbocycles. The lowest BCUT2D eigenvalue weighted by molar-refractivity contribution is 0.0993. The first-order valence-electron chi connectivity index (χ1n) is 9.46. The number of hydrogen-bond acceptors (Lipinski definition) is 4. The Labute approximate surface area is 175 Å². The van der Waals surface area contributed by atoms with Crippen LogP contribution in [0.3, 0.4) is 0 Å². The molecule has 0 saturated heterocycles. The zero-order valence-corrected chi connectivity index (χ0v) is 17.9.